The Morgan fingerprint density at radius 3 is 1.03 bits per heavy atom. The maximum absolute atomic E-state index is 6.33. The van der Waals surface area contributed by atoms with Crippen LogP contribution in [0.1, 0.15) is 61.1 Å². The molecule has 10 aromatic carbocycles. The molecule has 0 spiro atoms. The normalized spacial score (nSPS) is 13.9. The Bertz CT molecular complexity index is 3950. The van der Waals surface area contributed by atoms with E-state index in [-0.39, 0.29) is 10.8 Å². The van der Waals surface area contributed by atoms with Gasteiger partial charge in [0.25, 0.3) is 0 Å². The first-order valence-corrected chi connectivity index (χ1v) is 25.1. The number of aryl methyl sites for hydroxylation is 2. The molecule has 2 aliphatic rings. The monoisotopic (exact) mass is 928 g/mol. The van der Waals surface area contributed by atoms with Gasteiger partial charge in [-0.25, -0.2) is 0 Å². The predicted molar refractivity (Wildman–Crippen MR) is 300 cm³/mol. The fraction of sp³-hybridized carbons (Fsp3) is 0.118. The summed E-state index contributed by atoms with van der Waals surface area (Å²) in [6.07, 6.45) is 0. The number of benzene rings is 10. The van der Waals surface area contributed by atoms with Gasteiger partial charge in [0.15, 0.2) is 0 Å². The van der Waals surface area contributed by atoms with Crippen LogP contribution in [0.5, 0.6) is 0 Å². The molecule has 0 aliphatic heterocycles. The smallest absolute Gasteiger partial charge is 0.135 e. The summed E-state index contributed by atoms with van der Waals surface area (Å²) in [7, 11) is 0. The van der Waals surface area contributed by atoms with E-state index in [4.69, 9.17) is 8.83 Å². The van der Waals surface area contributed by atoms with E-state index in [1.165, 1.54) is 66.8 Å². The van der Waals surface area contributed by atoms with Crippen LogP contribution in [0, 0.1) is 13.8 Å². The Labute approximate surface area is 420 Å². The second kappa shape index (κ2) is 15.4. The summed E-state index contributed by atoms with van der Waals surface area (Å²) < 4.78 is 12.7. The second-order valence-corrected chi connectivity index (χ2v) is 21.0. The third-order valence-electron chi connectivity index (χ3n) is 16.1. The van der Waals surface area contributed by atoms with E-state index in [9.17, 15) is 0 Å². The highest BCUT2D eigenvalue weighted by atomic mass is 16.3. The number of rotatable bonds is 7. The summed E-state index contributed by atoms with van der Waals surface area (Å²) in [4.78, 5) is 4.84. The van der Waals surface area contributed by atoms with Crippen molar-refractivity contribution in [2.75, 3.05) is 9.80 Å². The highest BCUT2D eigenvalue weighted by Gasteiger charge is 2.37. The van der Waals surface area contributed by atoms with E-state index in [0.717, 1.165) is 78.0 Å². The molecule has 0 atom stereocenters. The SMILES string of the molecule is Cc1cc(N(c2ccc3c(c2)C(C)(C)c2ccccc2-3)c2ccc3oc4ccccc4c3c2)ccc1-c1ccc(N(c2ccc3c(c2)C(C)(C)c2ccccc2-3)c2ccc3oc4ccccc4c3c2)cc1C. The van der Waals surface area contributed by atoms with Gasteiger partial charge >= 0.3 is 0 Å². The van der Waals surface area contributed by atoms with Crippen molar-refractivity contribution in [1.29, 1.82) is 0 Å². The molecule has 2 heterocycles. The lowest BCUT2D eigenvalue weighted by molar-refractivity contribution is 0.660. The van der Waals surface area contributed by atoms with Crippen LogP contribution in [-0.2, 0) is 10.8 Å². The molecule has 0 radical (unpaired) electrons. The summed E-state index contributed by atoms with van der Waals surface area (Å²) in [5.74, 6) is 0. The highest BCUT2D eigenvalue weighted by molar-refractivity contribution is 6.08. The zero-order valence-electron chi connectivity index (χ0n) is 41.3. The van der Waals surface area contributed by atoms with E-state index in [1.54, 1.807) is 0 Å². The van der Waals surface area contributed by atoms with Crippen molar-refractivity contribution in [2.45, 2.75) is 52.4 Å². The number of hydrogen-bond donors (Lipinski definition) is 0. The molecule has 346 valence electrons. The first-order valence-electron chi connectivity index (χ1n) is 25.1. The van der Waals surface area contributed by atoms with Gasteiger partial charge in [0, 0.05) is 66.5 Å². The lowest BCUT2D eigenvalue weighted by Crippen LogP contribution is -2.16. The van der Waals surface area contributed by atoms with E-state index in [1.807, 2.05) is 12.1 Å². The Balaban J connectivity index is 0.882. The van der Waals surface area contributed by atoms with Gasteiger partial charge in [-0.05, 0) is 178 Å². The van der Waals surface area contributed by atoms with E-state index >= 15 is 0 Å². The van der Waals surface area contributed by atoms with Crippen molar-refractivity contribution in [1.82, 2.24) is 0 Å². The lowest BCUT2D eigenvalue weighted by Gasteiger charge is -2.29. The molecule has 0 amide bonds. The van der Waals surface area contributed by atoms with Crippen molar-refractivity contribution >= 4 is 78.0 Å². The highest BCUT2D eigenvalue weighted by Crippen LogP contribution is 2.53. The minimum atomic E-state index is -0.138. The number of hydrogen-bond acceptors (Lipinski definition) is 4. The summed E-state index contributed by atoms with van der Waals surface area (Å²) in [6, 6.07) is 75.6. The first kappa shape index (κ1) is 42.3. The largest absolute Gasteiger partial charge is 0.456 e. The summed E-state index contributed by atoms with van der Waals surface area (Å²) in [5, 5.41) is 4.44. The number of nitrogens with zero attached hydrogens (tertiary/aromatic N) is 2. The van der Waals surface area contributed by atoms with Crippen molar-refractivity contribution in [3.63, 3.8) is 0 Å². The van der Waals surface area contributed by atoms with Crippen LogP contribution in [0.2, 0.25) is 0 Å². The van der Waals surface area contributed by atoms with Gasteiger partial charge in [-0.1, -0.05) is 137 Å². The summed E-state index contributed by atoms with van der Waals surface area (Å²) in [5.41, 5.74) is 25.4. The molecule has 2 aliphatic carbocycles. The molecule has 4 heteroatoms. The molecule has 14 rings (SSSR count). The van der Waals surface area contributed by atoms with Crippen LogP contribution in [-0.4, -0.2) is 0 Å². The van der Waals surface area contributed by atoms with Crippen LogP contribution >= 0.6 is 0 Å². The van der Waals surface area contributed by atoms with Crippen molar-refractivity contribution in [2.24, 2.45) is 0 Å². The van der Waals surface area contributed by atoms with Gasteiger partial charge in [0.05, 0.1) is 0 Å². The van der Waals surface area contributed by atoms with Gasteiger partial charge in [0.2, 0.25) is 0 Å². The van der Waals surface area contributed by atoms with Gasteiger partial charge in [-0.15, -0.1) is 0 Å². The third kappa shape index (κ3) is 6.24. The number of fused-ring (bicyclic) bond motifs is 12. The molecule has 12 aromatic rings. The molecular weight excluding hydrogens is 877 g/mol. The molecule has 0 saturated carbocycles. The van der Waals surface area contributed by atoms with Crippen molar-refractivity contribution in [3.8, 4) is 33.4 Å². The molecule has 0 saturated heterocycles. The molecule has 4 nitrogen and oxygen atoms in total. The molecule has 2 aromatic heterocycles. The van der Waals surface area contributed by atoms with Gasteiger partial charge in [0.1, 0.15) is 22.3 Å². The minimum absolute atomic E-state index is 0.138. The zero-order valence-corrected chi connectivity index (χ0v) is 41.3. The van der Waals surface area contributed by atoms with E-state index in [2.05, 4.69) is 245 Å². The Hall–Kier alpha value is -8.60. The summed E-state index contributed by atoms with van der Waals surface area (Å²) >= 11 is 0. The number of anilines is 6. The number of para-hydroxylation sites is 2. The van der Waals surface area contributed by atoms with Crippen LogP contribution in [0.3, 0.4) is 0 Å². The Morgan fingerprint density at radius 2 is 0.597 bits per heavy atom. The maximum Gasteiger partial charge on any atom is 0.135 e. The van der Waals surface area contributed by atoms with Gasteiger partial charge < -0.3 is 18.6 Å². The Morgan fingerprint density at radius 1 is 0.278 bits per heavy atom. The lowest BCUT2D eigenvalue weighted by atomic mass is 9.82. The van der Waals surface area contributed by atoms with Crippen LogP contribution < -0.4 is 9.80 Å². The molecule has 0 bridgehead atoms. The standard InChI is InChI=1S/C68H52N2O2/c1-41-35-43(69(45-27-33-65-57(37-45)55-17-9-13-21-63(55)71-65)47-25-31-53-51-15-7-11-19-59(51)67(3,4)61(53)39-47)23-29-49(41)50-30-24-44(36-42(50)2)70(46-28-34-66-58(38-46)56-18-10-14-22-64(56)72-66)48-26-32-54-52-16-8-12-20-60(52)68(5,6)62(54)40-48/h7-40H,1-6H3. The molecule has 72 heavy (non-hydrogen) atoms. The second-order valence-electron chi connectivity index (χ2n) is 21.0. The van der Waals surface area contributed by atoms with E-state index in [0.29, 0.717) is 0 Å². The Kier molecular flexibility index (Phi) is 9.07. The average Bonchev–Trinajstić information content (AvgIpc) is 4.09. The van der Waals surface area contributed by atoms with Crippen LogP contribution in [0.4, 0.5) is 34.1 Å². The third-order valence-corrected chi connectivity index (χ3v) is 16.1. The topological polar surface area (TPSA) is 32.8 Å². The minimum Gasteiger partial charge on any atom is -0.456 e. The maximum atomic E-state index is 6.33. The fourth-order valence-corrected chi connectivity index (χ4v) is 12.4. The van der Waals surface area contributed by atoms with E-state index < -0.39 is 0 Å². The molecular formula is C68H52N2O2. The average molecular weight is 929 g/mol. The van der Waals surface area contributed by atoms with Crippen LogP contribution in [0.15, 0.2) is 215 Å². The number of furan rings is 2. The van der Waals surface area contributed by atoms with Gasteiger partial charge in [-0.3, -0.25) is 0 Å². The van der Waals surface area contributed by atoms with Gasteiger partial charge in [-0.2, -0.15) is 0 Å². The fourth-order valence-electron chi connectivity index (χ4n) is 12.4. The van der Waals surface area contributed by atoms with Crippen molar-refractivity contribution in [3.05, 3.63) is 240 Å². The molecule has 0 fully saturated rings. The molecule has 0 unspecified atom stereocenters. The summed E-state index contributed by atoms with van der Waals surface area (Å²) in [6.45, 7) is 13.9. The van der Waals surface area contributed by atoms with Crippen LogP contribution in [0.25, 0.3) is 77.3 Å². The molecule has 0 N–H and O–H groups in total. The predicted octanol–water partition coefficient (Wildman–Crippen LogP) is 19.3. The quantitative estimate of drug-likeness (QED) is 0.159. The van der Waals surface area contributed by atoms with Crippen molar-refractivity contribution < 1.29 is 8.83 Å². The zero-order chi connectivity index (χ0) is 48.6. The first-order chi connectivity index (χ1) is 35.0.